The smallest absolute Gasteiger partial charge is 0.283 e. The number of benzene rings is 1. The van der Waals surface area contributed by atoms with Gasteiger partial charge in [0.1, 0.15) is 6.61 Å². The van der Waals surface area contributed by atoms with Gasteiger partial charge in [-0.25, -0.2) is 0 Å². The molecule has 0 aliphatic carbocycles. The lowest BCUT2D eigenvalue weighted by Crippen LogP contribution is -2.11. The summed E-state index contributed by atoms with van der Waals surface area (Å²) >= 11 is 0. The zero-order valence-electron chi connectivity index (χ0n) is 11.3. The summed E-state index contributed by atoms with van der Waals surface area (Å²) in [5.74, 6) is 0.118. The van der Waals surface area contributed by atoms with Crippen molar-refractivity contribution < 1.29 is 24.0 Å². The fourth-order valence-electron chi connectivity index (χ4n) is 1.60. The summed E-state index contributed by atoms with van der Waals surface area (Å²) in [7, 11) is 1.34. The molecule has 0 aromatic heterocycles. The SMILES string of the molecule is CCCC(=O)COc1cc([N+](=O)[O-])c(C=O)cc1OC. The number of carbonyl (C=O) groups is 2. The summed E-state index contributed by atoms with van der Waals surface area (Å²) in [5, 5.41) is 10.9. The van der Waals surface area contributed by atoms with E-state index in [0.717, 1.165) is 6.07 Å². The maximum atomic E-state index is 11.4. The van der Waals surface area contributed by atoms with Crippen LogP contribution >= 0.6 is 0 Å². The number of Topliss-reactive ketones (excluding diaryl/α,β-unsaturated/α-hetero) is 1. The van der Waals surface area contributed by atoms with Crippen LogP contribution in [0.3, 0.4) is 0 Å². The van der Waals surface area contributed by atoms with Crippen LogP contribution in [0, 0.1) is 10.1 Å². The molecule has 1 rings (SSSR count). The molecule has 0 heterocycles. The minimum atomic E-state index is -0.691. The number of carbonyl (C=O) groups excluding carboxylic acids is 2. The molecular weight excluding hydrogens is 266 g/mol. The number of ether oxygens (including phenoxy) is 2. The van der Waals surface area contributed by atoms with Crippen molar-refractivity contribution in [2.75, 3.05) is 13.7 Å². The molecule has 0 N–H and O–H groups in total. The number of nitrogens with zero attached hydrogens (tertiary/aromatic N) is 1. The van der Waals surface area contributed by atoms with Crippen LogP contribution in [0.2, 0.25) is 0 Å². The molecule has 0 aliphatic heterocycles. The van der Waals surface area contributed by atoms with Gasteiger partial charge in [0.25, 0.3) is 5.69 Å². The second-order valence-corrected chi connectivity index (χ2v) is 4.01. The number of nitro groups is 1. The molecule has 0 saturated heterocycles. The second kappa shape index (κ2) is 7.22. The lowest BCUT2D eigenvalue weighted by Gasteiger charge is -2.10. The molecule has 1 aromatic rings. The molecule has 108 valence electrons. The van der Waals surface area contributed by atoms with Gasteiger partial charge in [-0.15, -0.1) is 0 Å². The first-order valence-electron chi connectivity index (χ1n) is 5.99. The van der Waals surface area contributed by atoms with E-state index in [9.17, 15) is 19.7 Å². The van der Waals surface area contributed by atoms with E-state index in [4.69, 9.17) is 9.47 Å². The van der Waals surface area contributed by atoms with Gasteiger partial charge < -0.3 is 9.47 Å². The Morgan fingerprint density at radius 3 is 2.60 bits per heavy atom. The average molecular weight is 281 g/mol. The molecule has 0 bridgehead atoms. The standard InChI is InChI=1S/C13H15NO6/c1-3-4-10(16)8-20-13-6-11(14(17)18)9(7-15)5-12(13)19-2/h5-7H,3-4,8H2,1-2H3. The van der Waals surface area contributed by atoms with Gasteiger partial charge in [0.2, 0.25) is 0 Å². The minimum absolute atomic E-state index is 0.0641. The Morgan fingerprint density at radius 1 is 1.40 bits per heavy atom. The Morgan fingerprint density at radius 2 is 2.10 bits per heavy atom. The van der Waals surface area contributed by atoms with Crippen molar-refractivity contribution in [2.45, 2.75) is 19.8 Å². The summed E-state index contributed by atoms with van der Waals surface area (Å²) in [5.41, 5.74) is -0.502. The fourth-order valence-corrected chi connectivity index (χ4v) is 1.60. The Bertz CT molecular complexity index is 526. The molecule has 1 aromatic carbocycles. The van der Waals surface area contributed by atoms with Crippen LogP contribution in [-0.2, 0) is 4.79 Å². The van der Waals surface area contributed by atoms with Gasteiger partial charge in [0.15, 0.2) is 23.6 Å². The minimum Gasteiger partial charge on any atom is -0.493 e. The quantitative estimate of drug-likeness (QED) is 0.411. The molecule has 0 saturated carbocycles. The Hall–Kier alpha value is -2.44. The molecule has 20 heavy (non-hydrogen) atoms. The third-order valence-corrected chi connectivity index (χ3v) is 2.55. The first kappa shape index (κ1) is 15.6. The Labute approximate surface area is 115 Å². The maximum absolute atomic E-state index is 11.4. The predicted octanol–water partition coefficient (Wildman–Crippen LogP) is 2.16. The third-order valence-electron chi connectivity index (χ3n) is 2.55. The van der Waals surface area contributed by atoms with Gasteiger partial charge in [-0.05, 0) is 6.42 Å². The number of hydrogen-bond acceptors (Lipinski definition) is 6. The third kappa shape index (κ3) is 3.78. The molecule has 0 spiro atoms. The molecule has 0 atom stereocenters. The largest absolute Gasteiger partial charge is 0.493 e. The highest BCUT2D eigenvalue weighted by atomic mass is 16.6. The van der Waals surface area contributed by atoms with E-state index in [1.807, 2.05) is 6.92 Å². The van der Waals surface area contributed by atoms with E-state index < -0.39 is 10.6 Å². The number of aldehydes is 1. The monoisotopic (exact) mass is 281 g/mol. The van der Waals surface area contributed by atoms with Gasteiger partial charge in [0.05, 0.1) is 23.7 Å². The number of ketones is 1. The normalized spacial score (nSPS) is 9.90. The molecule has 0 radical (unpaired) electrons. The van der Waals surface area contributed by atoms with Crippen molar-refractivity contribution >= 4 is 17.8 Å². The van der Waals surface area contributed by atoms with Gasteiger partial charge in [-0.2, -0.15) is 0 Å². The average Bonchev–Trinajstić information content (AvgIpc) is 2.44. The molecule has 7 nitrogen and oxygen atoms in total. The number of hydrogen-bond donors (Lipinski definition) is 0. The summed E-state index contributed by atoms with van der Waals surface area (Å²) in [4.78, 5) is 32.4. The predicted molar refractivity (Wildman–Crippen MR) is 70.4 cm³/mol. The highest BCUT2D eigenvalue weighted by molar-refractivity contribution is 5.83. The molecule has 0 aliphatic rings. The molecule has 7 heteroatoms. The van der Waals surface area contributed by atoms with Gasteiger partial charge in [-0.3, -0.25) is 19.7 Å². The topological polar surface area (TPSA) is 95.7 Å². The van der Waals surface area contributed by atoms with E-state index >= 15 is 0 Å². The summed E-state index contributed by atoms with van der Waals surface area (Å²) in [6, 6.07) is 2.30. The van der Waals surface area contributed by atoms with Crippen LogP contribution in [0.4, 0.5) is 5.69 Å². The van der Waals surface area contributed by atoms with E-state index in [1.165, 1.54) is 13.2 Å². The summed E-state index contributed by atoms with van der Waals surface area (Å²) < 4.78 is 10.2. The van der Waals surface area contributed by atoms with Crippen LogP contribution in [0.15, 0.2) is 12.1 Å². The maximum Gasteiger partial charge on any atom is 0.283 e. The van der Waals surface area contributed by atoms with Crippen molar-refractivity contribution in [2.24, 2.45) is 0 Å². The first-order valence-corrected chi connectivity index (χ1v) is 5.99. The Balaban J connectivity index is 3.05. The highest BCUT2D eigenvalue weighted by Gasteiger charge is 2.19. The Kier molecular flexibility index (Phi) is 5.64. The van der Waals surface area contributed by atoms with E-state index in [1.54, 1.807) is 0 Å². The molecular formula is C13H15NO6. The number of methoxy groups -OCH3 is 1. The number of rotatable bonds is 8. The molecule has 0 unspecified atom stereocenters. The van der Waals surface area contributed by atoms with Crippen LogP contribution in [0.5, 0.6) is 11.5 Å². The van der Waals surface area contributed by atoms with Gasteiger partial charge in [-0.1, -0.05) is 6.92 Å². The lowest BCUT2D eigenvalue weighted by molar-refractivity contribution is -0.385. The van der Waals surface area contributed by atoms with Crippen LogP contribution in [0.25, 0.3) is 0 Å². The van der Waals surface area contributed by atoms with Crippen molar-refractivity contribution in [3.63, 3.8) is 0 Å². The van der Waals surface area contributed by atoms with Crippen LogP contribution < -0.4 is 9.47 Å². The molecule has 0 fully saturated rings. The van der Waals surface area contributed by atoms with Crippen molar-refractivity contribution in [1.82, 2.24) is 0 Å². The van der Waals surface area contributed by atoms with Crippen molar-refractivity contribution in [1.29, 1.82) is 0 Å². The number of nitro benzene ring substituents is 1. The van der Waals surface area contributed by atoms with Crippen LogP contribution in [-0.4, -0.2) is 30.7 Å². The summed E-state index contributed by atoms with van der Waals surface area (Å²) in [6.07, 6.45) is 1.44. The first-order chi connectivity index (χ1) is 9.53. The van der Waals surface area contributed by atoms with E-state index in [-0.39, 0.29) is 29.5 Å². The zero-order chi connectivity index (χ0) is 15.1. The van der Waals surface area contributed by atoms with Gasteiger partial charge in [0, 0.05) is 12.5 Å². The van der Waals surface area contributed by atoms with Crippen molar-refractivity contribution in [3.05, 3.63) is 27.8 Å². The highest BCUT2D eigenvalue weighted by Crippen LogP contribution is 2.33. The van der Waals surface area contributed by atoms with Gasteiger partial charge >= 0.3 is 0 Å². The fraction of sp³-hybridized carbons (Fsp3) is 0.385. The zero-order valence-corrected chi connectivity index (χ0v) is 11.3. The lowest BCUT2D eigenvalue weighted by atomic mass is 10.1. The molecule has 0 amide bonds. The van der Waals surface area contributed by atoms with Crippen molar-refractivity contribution in [3.8, 4) is 11.5 Å². The summed E-state index contributed by atoms with van der Waals surface area (Å²) in [6.45, 7) is 1.67. The van der Waals surface area contributed by atoms with E-state index in [2.05, 4.69) is 0 Å². The second-order valence-electron chi connectivity index (χ2n) is 4.01. The van der Waals surface area contributed by atoms with Crippen LogP contribution in [0.1, 0.15) is 30.1 Å². The van der Waals surface area contributed by atoms with E-state index in [0.29, 0.717) is 19.1 Å².